The Morgan fingerprint density at radius 3 is 2.08 bits per heavy atom. The number of rotatable bonds is 2. The first-order valence-corrected chi connectivity index (χ1v) is 8.63. The van der Waals surface area contributed by atoms with Gasteiger partial charge in [-0.1, -0.05) is 51.5 Å². The molecule has 0 aliphatic heterocycles. The Kier molecular flexibility index (Phi) is 4.03. The van der Waals surface area contributed by atoms with E-state index in [1.807, 2.05) is 43.3 Å². The normalized spacial score (nSPS) is 17.9. The first-order valence-electron chi connectivity index (χ1n) is 8.63. The predicted octanol–water partition coefficient (Wildman–Crippen LogP) is 5.56. The van der Waals surface area contributed by atoms with Crippen LogP contribution in [0.3, 0.4) is 0 Å². The number of carbonyl (C=O) groups is 1. The molecule has 0 aromatic heterocycles. The van der Waals surface area contributed by atoms with Crippen LogP contribution < -0.4 is 4.74 Å². The van der Waals surface area contributed by atoms with Gasteiger partial charge in [0.1, 0.15) is 5.75 Å². The number of ether oxygens (including phenoxy) is 1. The molecule has 0 N–H and O–H groups in total. The Hall–Kier alpha value is -2.09. The molecule has 0 unspecified atom stereocenters. The Morgan fingerprint density at radius 1 is 0.875 bits per heavy atom. The minimum atomic E-state index is -0.291. The average molecular weight is 322 g/mol. The molecule has 2 nitrogen and oxygen atoms in total. The molecule has 126 valence electrons. The number of hydrogen-bond donors (Lipinski definition) is 0. The third-order valence-electron chi connectivity index (χ3n) is 5.32. The van der Waals surface area contributed by atoms with Crippen LogP contribution in [0.4, 0.5) is 0 Å². The summed E-state index contributed by atoms with van der Waals surface area (Å²) in [7, 11) is 0. The topological polar surface area (TPSA) is 26.3 Å². The molecule has 0 amide bonds. The third-order valence-corrected chi connectivity index (χ3v) is 5.32. The van der Waals surface area contributed by atoms with Crippen molar-refractivity contribution in [2.24, 2.45) is 0 Å². The summed E-state index contributed by atoms with van der Waals surface area (Å²) in [5.74, 6) is 0.295. The van der Waals surface area contributed by atoms with E-state index >= 15 is 0 Å². The number of fused-ring (bicyclic) bond motifs is 1. The zero-order valence-electron chi connectivity index (χ0n) is 15.3. The Labute approximate surface area is 144 Å². The first-order chi connectivity index (χ1) is 11.2. The molecule has 2 aromatic carbocycles. The monoisotopic (exact) mass is 322 g/mol. The Morgan fingerprint density at radius 2 is 1.46 bits per heavy atom. The van der Waals surface area contributed by atoms with Crippen LogP contribution in [0.15, 0.2) is 42.5 Å². The Balaban J connectivity index is 1.92. The van der Waals surface area contributed by atoms with E-state index in [4.69, 9.17) is 4.74 Å². The highest BCUT2D eigenvalue weighted by Gasteiger charge is 2.37. The molecule has 1 aliphatic carbocycles. The van der Waals surface area contributed by atoms with E-state index in [-0.39, 0.29) is 16.8 Å². The molecule has 2 heteroatoms. The van der Waals surface area contributed by atoms with E-state index in [1.165, 1.54) is 17.5 Å². The maximum absolute atomic E-state index is 12.5. The number of aryl methyl sites for hydroxylation is 1. The van der Waals surface area contributed by atoms with Gasteiger partial charge in [0.05, 0.1) is 5.56 Å². The van der Waals surface area contributed by atoms with Gasteiger partial charge in [0.2, 0.25) is 0 Å². The number of carbonyl (C=O) groups excluding carboxylic acids is 1. The van der Waals surface area contributed by atoms with Gasteiger partial charge >= 0.3 is 5.97 Å². The van der Waals surface area contributed by atoms with Crippen LogP contribution in [0.2, 0.25) is 0 Å². The van der Waals surface area contributed by atoms with Crippen LogP contribution in [0.25, 0.3) is 0 Å². The zero-order chi connectivity index (χ0) is 17.5. The van der Waals surface area contributed by atoms with Crippen molar-refractivity contribution >= 4 is 5.97 Å². The summed E-state index contributed by atoms with van der Waals surface area (Å²) in [4.78, 5) is 12.5. The summed E-state index contributed by atoms with van der Waals surface area (Å²) < 4.78 is 5.53. The third kappa shape index (κ3) is 3.10. The van der Waals surface area contributed by atoms with Crippen molar-refractivity contribution in [2.75, 3.05) is 0 Å². The molecule has 0 fully saturated rings. The summed E-state index contributed by atoms with van der Waals surface area (Å²) >= 11 is 0. The first kappa shape index (κ1) is 16.8. The highest BCUT2D eigenvalue weighted by atomic mass is 16.5. The average Bonchev–Trinajstić information content (AvgIpc) is 2.54. The van der Waals surface area contributed by atoms with E-state index in [9.17, 15) is 4.79 Å². The van der Waals surface area contributed by atoms with Crippen LogP contribution in [-0.4, -0.2) is 5.97 Å². The molecule has 0 spiro atoms. The summed E-state index contributed by atoms with van der Waals surface area (Å²) in [5.41, 5.74) is 4.64. The van der Waals surface area contributed by atoms with Crippen LogP contribution in [-0.2, 0) is 10.8 Å². The van der Waals surface area contributed by atoms with E-state index in [0.717, 1.165) is 12.0 Å². The second kappa shape index (κ2) is 5.77. The lowest BCUT2D eigenvalue weighted by atomic mass is 9.63. The number of hydrogen-bond acceptors (Lipinski definition) is 2. The van der Waals surface area contributed by atoms with E-state index in [2.05, 4.69) is 33.8 Å². The van der Waals surface area contributed by atoms with Crippen LogP contribution >= 0.6 is 0 Å². The van der Waals surface area contributed by atoms with Gasteiger partial charge in [0, 0.05) is 0 Å². The molecule has 0 saturated heterocycles. The molecular weight excluding hydrogens is 296 g/mol. The van der Waals surface area contributed by atoms with Gasteiger partial charge in [-0.05, 0) is 66.0 Å². The highest BCUT2D eigenvalue weighted by Crippen LogP contribution is 2.45. The molecule has 0 saturated carbocycles. The van der Waals surface area contributed by atoms with Crippen molar-refractivity contribution < 1.29 is 9.53 Å². The summed E-state index contributed by atoms with van der Waals surface area (Å²) in [6, 6.07) is 13.6. The molecule has 0 atom stereocenters. The van der Waals surface area contributed by atoms with Crippen molar-refractivity contribution in [2.45, 2.75) is 58.3 Å². The smallest absolute Gasteiger partial charge is 0.343 e. The second-order valence-electron chi connectivity index (χ2n) is 8.23. The molecule has 24 heavy (non-hydrogen) atoms. The molecule has 2 aromatic rings. The maximum atomic E-state index is 12.5. The lowest BCUT2D eigenvalue weighted by Crippen LogP contribution is -2.34. The van der Waals surface area contributed by atoms with Gasteiger partial charge < -0.3 is 4.74 Å². The van der Waals surface area contributed by atoms with Gasteiger partial charge in [0.25, 0.3) is 0 Å². The van der Waals surface area contributed by atoms with Crippen molar-refractivity contribution in [3.63, 3.8) is 0 Å². The molecule has 3 rings (SSSR count). The van der Waals surface area contributed by atoms with Gasteiger partial charge in [-0.25, -0.2) is 4.79 Å². The molecular formula is C22H26O2. The van der Waals surface area contributed by atoms with E-state index in [1.54, 1.807) is 0 Å². The van der Waals surface area contributed by atoms with Crippen molar-refractivity contribution in [3.05, 3.63) is 64.7 Å². The Bertz CT molecular complexity index is 767. The van der Waals surface area contributed by atoms with Gasteiger partial charge in [-0.2, -0.15) is 0 Å². The summed E-state index contributed by atoms with van der Waals surface area (Å²) in [5, 5.41) is 0. The fourth-order valence-corrected chi connectivity index (χ4v) is 3.49. The second-order valence-corrected chi connectivity index (χ2v) is 8.23. The van der Waals surface area contributed by atoms with Gasteiger partial charge in [-0.3, -0.25) is 0 Å². The highest BCUT2D eigenvalue weighted by molar-refractivity contribution is 5.91. The molecule has 0 bridgehead atoms. The standard InChI is InChI=1S/C22H26O2/c1-15-6-9-17(10-7-15)24-20(23)16-8-11-18-19(14-16)22(4,5)13-12-21(18,2)3/h6-11,14H,12-13H2,1-5H3. The molecule has 0 radical (unpaired) electrons. The SMILES string of the molecule is Cc1ccc(OC(=O)c2ccc3c(c2)C(C)(C)CCC3(C)C)cc1. The lowest BCUT2D eigenvalue weighted by molar-refractivity contribution is 0.0734. The zero-order valence-corrected chi connectivity index (χ0v) is 15.3. The summed E-state index contributed by atoms with van der Waals surface area (Å²) in [6.45, 7) is 11.1. The van der Waals surface area contributed by atoms with E-state index in [0.29, 0.717) is 11.3 Å². The van der Waals surface area contributed by atoms with E-state index < -0.39 is 0 Å². The summed E-state index contributed by atoms with van der Waals surface area (Å²) in [6.07, 6.45) is 2.30. The van der Waals surface area contributed by atoms with Crippen LogP contribution in [0.5, 0.6) is 5.75 Å². The minimum Gasteiger partial charge on any atom is -0.423 e. The number of benzene rings is 2. The predicted molar refractivity (Wildman–Crippen MR) is 97.9 cm³/mol. The fraction of sp³-hybridized carbons (Fsp3) is 0.409. The van der Waals surface area contributed by atoms with Crippen LogP contribution in [0, 0.1) is 6.92 Å². The fourth-order valence-electron chi connectivity index (χ4n) is 3.49. The van der Waals surface area contributed by atoms with Crippen molar-refractivity contribution in [1.29, 1.82) is 0 Å². The van der Waals surface area contributed by atoms with Crippen molar-refractivity contribution in [3.8, 4) is 5.75 Å². The minimum absolute atomic E-state index is 0.0883. The molecule has 1 aliphatic rings. The largest absolute Gasteiger partial charge is 0.423 e. The van der Waals surface area contributed by atoms with Crippen molar-refractivity contribution in [1.82, 2.24) is 0 Å². The quantitative estimate of drug-likeness (QED) is 0.534. The lowest BCUT2D eigenvalue weighted by Gasteiger charge is -2.41. The van der Waals surface area contributed by atoms with Gasteiger partial charge in [0.15, 0.2) is 0 Å². The maximum Gasteiger partial charge on any atom is 0.343 e. The van der Waals surface area contributed by atoms with Crippen LogP contribution in [0.1, 0.15) is 67.6 Å². The van der Waals surface area contributed by atoms with Gasteiger partial charge in [-0.15, -0.1) is 0 Å². The molecule has 0 heterocycles. The number of esters is 1.